The minimum absolute atomic E-state index is 0.129. The minimum Gasteiger partial charge on any atom is -0.493 e. The molecule has 10 heteroatoms. The summed E-state index contributed by atoms with van der Waals surface area (Å²) >= 11 is 1.58. The number of nitrogens with one attached hydrogen (secondary N) is 1. The summed E-state index contributed by atoms with van der Waals surface area (Å²) in [6.07, 6.45) is 0.550. The number of methoxy groups -OCH3 is 3. The number of carbonyl (C=O) groups excluding carboxylic acids is 2. The molecule has 0 spiro atoms. The standard InChI is InChI=1S/C25H34N4O5S/c1-25(2,3)26-24(31)28(11-12-32-4)16-23(30)29-19(15-18(27-29)22-8-7-13-35-22)17-9-10-20(33-5)21(14-17)34-6/h7-10,13-14,19H,11-12,15-16H2,1-6H3,(H,26,31). The first-order valence-corrected chi connectivity index (χ1v) is 12.3. The van der Waals surface area contributed by atoms with E-state index in [2.05, 4.69) is 5.32 Å². The average molecular weight is 503 g/mol. The second kappa shape index (κ2) is 11.5. The molecule has 3 amide bonds. The number of hydrazone groups is 1. The fourth-order valence-corrected chi connectivity index (χ4v) is 4.46. The third-order valence-electron chi connectivity index (χ3n) is 5.42. The van der Waals surface area contributed by atoms with Crippen LogP contribution >= 0.6 is 11.3 Å². The van der Waals surface area contributed by atoms with E-state index in [1.165, 1.54) is 9.91 Å². The summed E-state index contributed by atoms with van der Waals surface area (Å²) in [6.45, 7) is 6.15. The smallest absolute Gasteiger partial charge is 0.318 e. The summed E-state index contributed by atoms with van der Waals surface area (Å²) in [5.41, 5.74) is 1.26. The van der Waals surface area contributed by atoms with Crippen molar-refractivity contribution in [1.29, 1.82) is 0 Å². The van der Waals surface area contributed by atoms with Crippen molar-refractivity contribution >= 4 is 29.0 Å². The molecule has 0 saturated heterocycles. The first kappa shape index (κ1) is 26.5. The van der Waals surface area contributed by atoms with Crippen LogP contribution in [0.3, 0.4) is 0 Å². The van der Waals surface area contributed by atoms with Crippen LogP contribution in [-0.2, 0) is 9.53 Å². The SMILES string of the molecule is COCCN(CC(=O)N1N=C(c2cccs2)CC1c1ccc(OC)c(OC)c1)C(=O)NC(C)(C)C. The highest BCUT2D eigenvalue weighted by Gasteiger charge is 2.35. The molecule has 3 rings (SSSR count). The topological polar surface area (TPSA) is 92.7 Å². The van der Waals surface area contributed by atoms with Gasteiger partial charge >= 0.3 is 6.03 Å². The molecular weight excluding hydrogens is 468 g/mol. The summed E-state index contributed by atoms with van der Waals surface area (Å²) in [7, 11) is 4.72. The van der Waals surface area contributed by atoms with Crippen LogP contribution in [0, 0.1) is 0 Å². The first-order valence-electron chi connectivity index (χ1n) is 11.4. The first-order chi connectivity index (χ1) is 16.7. The molecule has 0 bridgehead atoms. The third-order valence-corrected chi connectivity index (χ3v) is 6.34. The molecule has 1 aliphatic rings. The molecule has 0 radical (unpaired) electrons. The fourth-order valence-electron chi connectivity index (χ4n) is 3.74. The number of hydrogen-bond acceptors (Lipinski definition) is 7. The lowest BCUT2D eigenvalue weighted by Crippen LogP contribution is -2.52. The molecule has 0 saturated carbocycles. The predicted octanol–water partition coefficient (Wildman–Crippen LogP) is 3.90. The largest absolute Gasteiger partial charge is 0.493 e. The van der Waals surface area contributed by atoms with Crippen molar-refractivity contribution < 1.29 is 23.8 Å². The zero-order chi connectivity index (χ0) is 25.6. The van der Waals surface area contributed by atoms with Crippen molar-refractivity contribution in [2.24, 2.45) is 5.10 Å². The lowest BCUT2D eigenvalue weighted by Gasteiger charge is -2.30. The quantitative estimate of drug-likeness (QED) is 0.562. The van der Waals surface area contributed by atoms with Gasteiger partial charge in [-0.15, -0.1) is 11.3 Å². The lowest BCUT2D eigenvalue weighted by molar-refractivity contribution is -0.133. The second-order valence-corrected chi connectivity index (χ2v) is 10.1. The number of urea groups is 1. The summed E-state index contributed by atoms with van der Waals surface area (Å²) in [5, 5.41) is 11.1. The van der Waals surface area contributed by atoms with Crippen molar-refractivity contribution in [3.63, 3.8) is 0 Å². The van der Waals surface area contributed by atoms with Gasteiger partial charge in [-0.25, -0.2) is 9.80 Å². The third kappa shape index (κ3) is 6.73. The van der Waals surface area contributed by atoms with E-state index in [-0.39, 0.29) is 31.1 Å². The Bertz CT molecular complexity index is 1050. The molecule has 1 aliphatic heterocycles. The summed E-state index contributed by atoms with van der Waals surface area (Å²) < 4.78 is 16.0. The maximum atomic E-state index is 13.6. The molecule has 0 fully saturated rings. The molecule has 0 aliphatic carbocycles. The van der Waals surface area contributed by atoms with Gasteiger partial charge in [0.15, 0.2) is 11.5 Å². The maximum absolute atomic E-state index is 13.6. The number of ether oxygens (including phenoxy) is 3. The number of thiophene rings is 1. The maximum Gasteiger partial charge on any atom is 0.318 e. The Hall–Kier alpha value is -3.11. The van der Waals surface area contributed by atoms with Gasteiger partial charge in [-0.05, 0) is 49.9 Å². The van der Waals surface area contributed by atoms with E-state index in [0.717, 1.165) is 16.2 Å². The predicted molar refractivity (Wildman–Crippen MR) is 136 cm³/mol. The highest BCUT2D eigenvalue weighted by atomic mass is 32.1. The second-order valence-electron chi connectivity index (χ2n) is 9.19. The highest BCUT2D eigenvalue weighted by Crippen LogP contribution is 2.38. The molecule has 1 aromatic heterocycles. The van der Waals surface area contributed by atoms with Crippen LogP contribution in [0.5, 0.6) is 11.5 Å². The van der Waals surface area contributed by atoms with E-state index >= 15 is 0 Å². The van der Waals surface area contributed by atoms with Crippen molar-refractivity contribution in [3.8, 4) is 11.5 Å². The Morgan fingerprint density at radius 1 is 1.17 bits per heavy atom. The molecule has 2 aromatic rings. The monoisotopic (exact) mass is 502 g/mol. The van der Waals surface area contributed by atoms with Crippen molar-refractivity contribution in [1.82, 2.24) is 15.2 Å². The molecule has 9 nitrogen and oxygen atoms in total. The van der Waals surface area contributed by atoms with E-state index in [4.69, 9.17) is 19.3 Å². The average Bonchev–Trinajstić information content (AvgIpc) is 3.50. The Balaban J connectivity index is 1.90. The van der Waals surface area contributed by atoms with E-state index in [1.54, 1.807) is 32.7 Å². The van der Waals surface area contributed by atoms with Gasteiger partial charge in [-0.1, -0.05) is 12.1 Å². The Labute approximate surface area is 210 Å². The highest BCUT2D eigenvalue weighted by molar-refractivity contribution is 7.12. The lowest BCUT2D eigenvalue weighted by atomic mass is 10.0. The molecule has 1 aromatic carbocycles. The summed E-state index contributed by atoms with van der Waals surface area (Å²) in [4.78, 5) is 28.9. The van der Waals surface area contributed by atoms with Crippen molar-refractivity contribution in [3.05, 3.63) is 46.2 Å². The molecule has 1 unspecified atom stereocenters. The number of amides is 3. The van der Waals surface area contributed by atoms with E-state index in [0.29, 0.717) is 24.5 Å². The van der Waals surface area contributed by atoms with Crippen LogP contribution in [0.2, 0.25) is 0 Å². The zero-order valence-corrected chi connectivity index (χ0v) is 22.0. The van der Waals surface area contributed by atoms with Gasteiger partial charge in [0, 0.05) is 25.6 Å². The van der Waals surface area contributed by atoms with Crippen LogP contribution in [0.4, 0.5) is 4.79 Å². The summed E-state index contributed by atoms with van der Waals surface area (Å²) in [5.74, 6) is 0.904. The zero-order valence-electron chi connectivity index (χ0n) is 21.2. The summed E-state index contributed by atoms with van der Waals surface area (Å²) in [6, 6.07) is 8.88. The minimum atomic E-state index is -0.439. The van der Waals surface area contributed by atoms with Gasteiger partial charge in [0.1, 0.15) is 6.54 Å². The van der Waals surface area contributed by atoms with Gasteiger partial charge in [-0.3, -0.25) is 4.79 Å². The van der Waals surface area contributed by atoms with Crippen LogP contribution in [0.15, 0.2) is 40.8 Å². The van der Waals surface area contributed by atoms with E-state index < -0.39 is 5.54 Å². The number of benzene rings is 1. The van der Waals surface area contributed by atoms with E-state index in [1.807, 2.05) is 56.5 Å². The molecule has 35 heavy (non-hydrogen) atoms. The molecular formula is C25H34N4O5S. The molecule has 1 N–H and O–H groups in total. The van der Waals surface area contributed by atoms with Crippen LogP contribution in [0.1, 0.15) is 43.7 Å². The Morgan fingerprint density at radius 2 is 1.91 bits per heavy atom. The molecule has 1 atom stereocenters. The Kier molecular flexibility index (Phi) is 8.74. The van der Waals surface area contributed by atoms with Crippen LogP contribution < -0.4 is 14.8 Å². The van der Waals surface area contributed by atoms with Crippen molar-refractivity contribution in [2.45, 2.75) is 38.8 Å². The van der Waals surface area contributed by atoms with Crippen LogP contribution in [-0.4, -0.2) is 74.1 Å². The van der Waals surface area contributed by atoms with Crippen molar-refractivity contribution in [2.75, 3.05) is 41.0 Å². The van der Waals surface area contributed by atoms with Gasteiger partial charge < -0.3 is 24.4 Å². The van der Waals surface area contributed by atoms with Gasteiger partial charge in [0.05, 0.1) is 37.5 Å². The number of nitrogens with zero attached hydrogens (tertiary/aromatic N) is 3. The number of carbonyl (C=O) groups is 2. The van der Waals surface area contributed by atoms with Crippen LogP contribution in [0.25, 0.3) is 0 Å². The number of rotatable bonds is 9. The normalized spacial score (nSPS) is 15.5. The molecule has 2 heterocycles. The van der Waals surface area contributed by atoms with Gasteiger partial charge in [0.25, 0.3) is 5.91 Å². The van der Waals surface area contributed by atoms with Gasteiger partial charge in [0.2, 0.25) is 0 Å². The molecule has 190 valence electrons. The van der Waals surface area contributed by atoms with Gasteiger partial charge in [-0.2, -0.15) is 5.10 Å². The fraction of sp³-hybridized carbons (Fsp3) is 0.480. The Morgan fingerprint density at radius 3 is 2.51 bits per heavy atom. The number of hydrogen-bond donors (Lipinski definition) is 1. The van der Waals surface area contributed by atoms with E-state index in [9.17, 15) is 9.59 Å².